The molecule has 0 aliphatic rings. The summed E-state index contributed by atoms with van der Waals surface area (Å²) in [5.41, 5.74) is 0.466. The largest absolute Gasteiger partial charge is 0.478 e. The van der Waals surface area contributed by atoms with Crippen molar-refractivity contribution >= 4 is 27.2 Å². The molecule has 0 unspecified atom stereocenters. The predicted octanol–water partition coefficient (Wildman–Crippen LogP) is 2.67. The Morgan fingerprint density at radius 1 is 1.14 bits per heavy atom. The van der Waals surface area contributed by atoms with Gasteiger partial charge in [-0.1, -0.05) is 0 Å². The summed E-state index contributed by atoms with van der Waals surface area (Å²) in [7, 11) is -3.30. The van der Waals surface area contributed by atoms with Gasteiger partial charge in [-0.3, -0.25) is 0 Å². The minimum Gasteiger partial charge on any atom is -0.478 e. The first-order valence-corrected chi connectivity index (χ1v) is 7.76. The van der Waals surface area contributed by atoms with Crippen LogP contribution in [-0.4, -0.2) is 25.7 Å². The van der Waals surface area contributed by atoms with Gasteiger partial charge in [0.1, 0.15) is 5.82 Å². The Morgan fingerprint density at radius 2 is 1.76 bits per heavy atom. The van der Waals surface area contributed by atoms with Crippen LogP contribution in [-0.2, 0) is 9.84 Å². The molecule has 0 aromatic heterocycles. The molecular formula is C14H12FNO4S. The smallest absolute Gasteiger partial charge is 0.337 e. The summed E-state index contributed by atoms with van der Waals surface area (Å²) in [6.07, 6.45) is 1.09. The van der Waals surface area contributed by atoms with E-state index < -0.39 is 21.6 Å². The van der Waals surface area contributed by atoms with Crippen LogP contribution in [0.2, 0.25) is 0 Å². The molecule has 0 bridgehead atoms. The van der Waals surface area contributed by atoms with Gasteiger partial charge < -0.3 is 10.4 Å². The monoisotopic (exact) mass is 309 g/mol. The molecule has 110 valence electrons. The molecule has 0 radical (unpaired) electrons. The van der Waals surface area contributed by atoms with Crippen molar-refractivity contribution < 1.29 is 22.7 Å². The van der Waals surface area contributed by atoms with Crippen LogP contribution < -0.4 is 5.32 Å². The maximum atomic E-state index is 13.2. The van der Waals surface area contributed by atoms with E-state index in [0.29, 0.717) is 5.69 Å². The van der Waals surface area contributed by atoms with Crippen LogP contribution in [0.15, 0.2) is 47.4 Å². The molecule has 0 amide bonds. The Bertz CT molecular complexity index is 785. The van der Waals surface area contributed by atoms with E-state index in [9.17, 15) is 17.6 Å². The summed E-state index contributed by atoms with van der Waals surface area (Å²) >= 11 is 0. The zero-order valence-corrected chi connectivity index (χ0v) is 11.8. The molecule has 2 aromatic rings. The van der Waals surface area contributed by atoms with Crippen molar-refractivity contribution in [2.24, 2.45) is 0 Å². The van der Waals surface area contributed by atoms with Gasteiger partial charge in [-0.05, 0) is 42.5 Å². The zero-order valence-electron chi connectivity index (χ0n) is 11.0. The van der Waals surface area contributed by atoms with E-state index in [2.05, 4.69) is 5.32 Å². The second-order valence-corrected chi connectivity index (χ2v) is 6.43. The fourth-order valence-corrected chi connectivity index (χ4v) is 2.38. The van der Waals surface area contributed by atoms with Crippen molar-refractivity contribution in [3.8, 4) is 0 Å². The number of rotatable bonds is 4. The third-order valence-electron chi connectivity index (χ3n) is 2.77. The topological polar surface area (TPSA) is 83.5 Å². The first kappa shape index (κ1) is 15.0. The van der Waals surface area contributed by atoms with Crippen LogP contribution in [0.4, 0.5) is 15.8 Å². The maximum absolute atomic E-state index is 13.2. The maximum Gasteiger partial charge on any atom is 0.337 e. The highest BCUT2D eigenvalue weighted by Gasteiger charge is 2.12. The first-order chi connectivity index (χ1) is 9.77. The molecule has 0 aliphatic carbocycles. The third-order valence-corrected chi connectivity index (χ3v) is 3.90. The molecule has 0 fully saturated rings. The first-order valence-electron chi connectivity index (χ1n) is 5.87. The number of hydrogen-bond acceptors (Lipinski definition) is 4. The van der Waals surface area contributed by atoms with Crippen molar-refractivity contribution in [3.63, 3.8) is 0 Å². The number of sulfone groups is 1. The van der Waals surface area contributed by atoms with Crippen molar-refractivity contribution in [3.05, 3.63) is 53.8 Å². The number of hydrogen-bond donors (Lipinski definition) is 2. The van der Waals surface area contributed by atoms with Crippen molar-refractivity contribution in [2.45, 2.75) is 4.90 Å². The van der Waals surface area contributed by atoms with Gasteiger partial charge in [0.25, 0.3) is 0 Å². The highest BCUT2D eigenvalue weighted by atomic mass is 32.2. The molecule has 0 aliphatic heterocycles. The van der Waals surface area contributed by atoms with Crippen LogP contribution in [0, 0.1) is 5.82 Å². The van der Waals surface area contributed by atoms with Crippen LogP contribution in [0.1, 0.15) is 10.4 Å². The normalized spacial score (nSPS) is 11.1. The van der Waals surface area contributed by atoms with E-state index >= 15 is 0 Å². The van der Waals surface area contributed by atoms with Crippen molar-refractivity contribution in [1.82, 2.24) is 0 Å². The molecule has 0 saturated heterocycles. The van der Waals surface area contributed by atoms with Gasteiger partial charge in [0, 0.05) is 11.9 Å². The Morgan fingerprint density at radius 3 is 2.29 bits per heavy atom. The molecule has 0 atom stereocenters. The predicted molar refractivity (Wildman–Crippen MR) is 76.2 cm³/mol. The zero-order chi connectivity index (χ0) is 15.6. The minimum atomic E-state index is -3.30. The van der Waals surface area contributed by atoms with Gasteiger partial charge in [-0.2, -0.15) is 0 Å². The highest BCUT2D eigenvalue weighted by Crippen LogP contribution is 2.23. The molecule has 0 saturated carbocycles. The quantitative estimate of drug-likeness (QED) is 0.907. The van der Waals surface area contributed by atoms with Crippen LogP contribution in [0.5, 0.6) is 0 Å². The number of carboxylic acid groups (broad SMARTS) is 1. The highest BCUT2D eigenvalue weighted by molar-refractivity contribution is 7.90. The second-order valence-electron chi connectivity index (χ2n) is 4.42. The van der Waals surface area contributed by atoms with E-state index in [4.69, 9.17) is 5.11 Å². The molecule has 21 heavy (non-hydrogen) atoms. The van der Waals surface area contributed by atoms with Gasteiger partial charge in [0.05, 0.1) is 16.1 Å². The summed E-state index contributed by atoms with van der Waals surface area (Å²) in [6.45, 7) is 0. The SMILES string of the molecule is CS(=O)(=O)c1ccc(Nc2cc(F)ccc2C(=O)O)cc1. The van der Waals surface area contributed by atoms with E-state index in [0.717, 1.165) is 24.5 Å². The number of nitrogens with one attached hydrogen (secondary N) is 1. The fraction of sp³-hybridized carbons (Fsp3) is 0.0714. The number of anilines is 2. The minimum absolute atomic E-state index is 0.0800. The van der Waals surface area contributed by atoms with E-state index in [1.165, 1.54) is 24.3 Å². The molecule has 5 nitrogen and oxygen atoms in total. The van der Waals surface area contributed by atoms with E-state index in [1.807, 2.05) is 0 Å². The van der Waals surface area contributed by atoms with Gasteiger partial charge >= 0.3 is 5.97 Å². The van der Waals surface area contributed by atoms with E-state index in [-0.39, 0.29) is 16.1 Å². The summed E-state index contributed by atoms with van der Waals surface area (Å²) < 4.78 is 35.9. The summed E-state index contributed by atoms with van der Waals surface area (Å²) in [4.78, 5) is 11.2. The lowest BCUT2D eigenvalue weighted by molar-refractivity contribution is 0.0698. The third kappa shape index (κ3) is 3.57. The van der Waals surface area contributed by atoms with Crippen LogP contribution >= 0.6 is 0 Å². The van der Waals surface area contributed by atoms with Crippen molar-refractivity contribution in [1.29, 1.82) is 0 Å². The molecule has 7 heteroatoms. The van der Waals surface area contributed by atoms with Crippen LogP contribution in [0.25, 0.3) is 0 Å². The molecular weight excluding hydrogens is 297 g/mol. The van der Waals surface area contributed by atoms with Gasteiger partial charge in [-0.15, -0.1) is 0 Å². The lowest BCUT2D eigenvalue weighted by atomic mass is 10.1. The molecule has 2 N–H and O–H groups in total. The average Bonchev–Trinajstić information content (AvgIpc) is 2.38. The van der Waals surface area contributed by atoms with Gasteiger partial charge in [0.15, 0.2) is 9.84 Å². The molecule has 2 aromatic carbocycles. The number of aromatic carboxylic acids is 1. The van der Waals surface area contributed by atoms with Crippen molar-refractivity contribution in [2.75, 3.05) is 11.6 Å². The molecule has 2 rings (SSSR count). The Hall–Kier alpha value is -2.41. The van der Waals surface area contributed by atoms with Crippen LogP contribution in [0.3, 0.4) is 0 Å². The summed E-state index contributed by atoms with van der Waals surface area (Å²) in [6, 6.07) is 9.01. The fourth-order valence-electron chi connectivity index (χ4n) is 1.75. The molecule has 0 spiro atoms. The number of benzene rings is 2. The lowest BCUT2D eigenvalue weighted by Crippen LogP contribution is -2.03. The standard InChI is InChI=1S/C14H12FNO4S/c1-21(19,20)11-5-3-10(4-6-11)16-13-8-9(15)2-7-12(13)14(17)18/h2-8,16H,1H3,(H,17,18). The number of carboxylic acids is 1. The number of halogens is 1. The van der Waals surface area contributed by atoms with Gasteiger partial charge in [-0.25, -0.2) is 17.6 Å². The number of carbonyl (C=O) groups is 1. The van der Waals surface area contributed by atoms with Gasteiger partial charge in [0.2, 0.25) is 0 Å². The lowest BCUT2D eigenvalue weighted by Gasteiger charge is -2.10. The van der Waals surface area contributed by atoms with E-state index in [1.54, 1.807) is 0 Å². The summed E-state index contributed by atoms with van der Waals surface area (Å²) in [5.74, 6) is -1.76. The summed E-state index contributed by atoms with van der Waals surface area (Å²) in [5, 5.41) is 11.8. The Kier molecular flexibility index (Phi) is 3.95. The second kappa shape index (κ2) is 5.53. The Balaban J connectivity index is 2.34. The molecule has 0 heterocycles. The average molecular weight is 309 g/mol. The Labute approximate surface area is 121 Å².